The van der Waals surface area contributed by atoms with Gasteiger partial charge in [0.1, 0.15) is 0 Å². The standard InChI is InChI=1S/C22H22F2N4O3/c1-2-30-18-13-14(9-10-17(18)31-22(23)24)21(29)27-19-20(28-11-5-6-12-28)26-16-8-4-3-7-15(16)25-19/h3-4,7-10,13,22H,2,5-6,11-12H2,1H3,(H,25,27,29). The lowest BCUT2D eigenvalue weighted by Crippen LogP contribution is -2.23. The fourth-order valence-electron chi connectivity index (χ4n) is 3.51. The Bertz CT molecular complexity index is 1090. The number of aromatic nitrogens is 2. The van der Waals surface area contributed by atoms with Gasteiger partial charge < -0.3 is 19.7 Å². The second kappa shape index (κ2) is 9.11. The van der Waals surface area contributed by atoms with Crippen molar-refractivity contribution in [3.8, 4) is 11.5 Å². The van der Waals surface area contributed by atoms with Crippen LogP contribution >= 0.6 is 0 Å². The zero-order valence-corrected chi connectivity index (χ0v) is 17.0. The van der Waals surface area contributed by atoms with Crippen molar-refractivity contribution in [1.29, 1.82) is 0 Å². The molecule has 1 N–H and O–H groups in total. The van der Waals surface area contributed by atoms with Crippen LogP contribution in [0.3, 0.4) is 0 Å². The van der Waals surface area contributed by atoms with Crippen LogP contribution in [-0.2, 0) is 0 Å². The average Bonchev–Trinajstić information content (AvgIpc) is 3.29. The van der Waals surface area contributed by atoms with Gasteiger partial charge in [0.2, 0.25) is 0 Å². The zero-order chi connectivity index (χ0) is 21.8. The summed E-state index contributed by atoms with van der Waals surface area (Å²) in [6.45, 7) is 0.634. The molecule has 7 nitrogen and oxygen atoms in total. The number of hydrogen-bond donors (Lipinski definition) is 1. The Morgan fingerprint density at radius 1 is 1.10 bits per heavy atom. The molecule has 9 heteroatoms. The highest BCUT2D eigenvalue weighted by Gasteiger charge is 2.22. The van der Waals surface area contributed by atoms with Crippen LogP contribution in [0.1, 0.15) is 30.1 Å². The van der Waals surface area contributed by atoms with Crippen LogP contribution in [0.25, 0.3) is 11.0 Å². The van der Waals surface area contributed by atoms with Gasteiger partial charge in [0, 0.05) is 18.7 Å². The summed E-state index contributed by atoms with van der Waals surface area (Å²) in [6, 6.07) is 11.5. The third kappa shape index (κ3) is 4.65. The highest BCUT2D eigenvalue weighted by Crippen LogP contribution is 2.31. The molecule has 1 aromatic heterocycles. The number of amides is 1. The SMILES string of the molecule is CCOc1cc(C(=O)Nc2nc3ccccc3nc2N2CCCC2)ccc1OC(F)F. The first-order valence-corrected chi connectivity index (χ1v) is 10.1. The molecule has 31 heavy (non-hydrogen) atoms. The van der Waals surface area contributed by atoms with Crippen molar-refractivity contribution in [3.63, 3.8) is 0 Å². The first-order chi connectivity index (χ1) is 15.0. The van der Waals surface area contributed by atoms with E-state index in [2.05, 4.69) is 19.9 Å². The Hall–Kier alpha value is -3.49. The number of carbonyl (C=O) groups excluding carboxylic acids is 1. The molecular formula is C22H22F2N4O3. The molecule has 0 bridgehead atoms. The molecule has 4 rings (SSSR count). The second-order valence-corrected chi connectivity index (χ2v) is 7.01. The molecule has 0 unspecified atom stereocenters. The van der Waals surface area contributed by atoms with Gasteiger partial charge in [-0.1, -0.05) is 12.1 Å². The van der Waals surface area contributed by atoms with E-state index in [1.54, 1.807) is 6.92 Å². The second-order valence-electron chi connectivity index (χ2n) is 7.01. The minimum absolute atomic E-state index is 0.0693. The smallest absolute Gasteiger partial charge is 0.387 e. The Labute approximate surface area is 178 Å². The minimum Gasteiger partial charge on any atom is -0.490 e. The van der Waals surface area contributed by atoms with Crippen LogP contribution in [0.2, 0.25) is 0 Å². The van der Waals surface area contributed by atoms with E-state index >= 15 is 0 Å². The summed E-state index contributed by atoms with van der Waals surface area (Å²) >= 11 is 0. The van der Waals surface area contributed by atoms with E-state index in [0.29, 0.717) is 17.2 Å². The van der Waals surface area contributed by atoms with E-state index in [4.69, 9.17) is 9.72 Å². The van der Waals surface area contributed by atoms with Crippen molar-refractivity contribution >= 4 is 28.6 Å². The molecular weight excluding hydrogens is 406 g/mol. The quantitative estimate of drug-likeness (QED) is 0.598. The van der Waals surface area contributed by atoms with Gasteiger partial charge in [-0.25, -0.2) is 9.97 Å². The fraction of sp³-hybridized carbons (Fsp3) is 0.318. The van der Waals surface area contributed by atoms with Crippen LogP contribution in [0, 0.1) is 0 Å². The van der Waals surface area contributed by atoms with Gasteiger partial charge in [0.05, 0.1) is 17.6 Å². The Morgan fingerprint density at radius 2 is 1.81 bits per heavy atom. The molecule has 162 valence electrons. The van der Waals surface area contributed by atoms with Gasteiger partial charge >= 0.3 is 6.61 Å². The molecule has 0 saturated carbocycles. The van der Waals surface area contributed by atoms with E-state index in [1.165, 1.54) is 18.2 Å². The predicted octanol–water partition coefficient (Wildman–Crippen LogP) is 4.48. The molecule has 1 amide bonds. The van der Waals surface area contributed by atoms with Crippen LogP contribution in [0.15, 0.2) is 42.5 Å². The fourth-order valence-corrected chi connectivity index (χ4v) is 3.51. The molecule has 1 aliphatic rings. The van der Waals surface area contributed by atoms with Crippen molar-refractivity contribution in [1.82, 2.24) is 9.97 Å². The average molecular weight is 428 g/mol. The maximum absolute atomic E-state index is 13.0. The van der Waals surface area contributed by atoms with E-state index < -0.39 is 12.5 Å². The molecule has 2 aromatic carbocycles. The van der Waals surface area contributed by atoms with E-state index in [9.17, 15) is 13.6 Å². The van der Waals surface area contributed by atoms with Crippen molar-refractivity contribution in [3.05, 3.63) is 48.0 Å². The monoisotopic (exact) mass is 428 g/mol. The number of ether oxygens (including phenoxy) is 2. The predicted molar refractivity (Wildman–Crippen MR) is 113 cm³/mol. The number of nitrogens with zero attached hydrogens (tertiary/aromatic N) is 3. The maximum Gasteiger partial charge on any atom is 0.387 e. The molecule has 0 spiro atoms. The number of fused-ring (bicyclic) bond motifs is 1. The number of halogens is 2. The van der Waals surface area contributed by atoms with E-state index in [-0.39, 0.29) is 23.7 Å². The molecule has 0 atom stereocenters. The van der Waals surface area contributed by atoms with Crippen LogP contribution in [-0.4, -0.2) is 42.2 Å². The number of para-hydroxylation sites is 2. The highest BCUT2D eigenvalue weighted by atomic mass is 19.3. The summed E-state index contributed by atoms with van der Waals surface area (Å²) in [4.78, 5) is 24.4. The van der Waals surface area contributed by atoms with E-state index in [0.717, 1.165) is 31.4 Å². The maximum atomic E-state index is 13.0. The van der Waals surface area contributed by atoms with Crippen molar-refractivity contribution in [2.75, 3.05) is 29.9 Å². The van der Waals surface area contributed by atoms with Crippen LogP contribution in [0.5, 0.6) is 11.5 Å². The minimum atomic E-state index is -2.99. The number of carbonyl (C=O) groups is 1. The van der Waals surface area contributed by atoms with Crippen molar-refractivity contribution in [2.45, 2.75) is 26.4 Å². The Kier molecular flexibility index (Phi) is 6.11. The summed E-state index contributed by atoms with van der Waals surface area (Å²) in [5.74, 6) is 0.467. The third-order valence-corrected chi connectivity index (χ3v) is 4.91. The molecule has 1 fully saturated rings. The molecule has 1 saturated heterocycles. The number of hydrogen-bond acceptors (Lipinski definition) is 6. The number of nitrogens with one attached hydrogen (secondary N) is 1. The Morgan fingerprint density at radius 3 is 2.48 bits per heavy atom. The number of rotatable bonds is 7. The molecule has 2 heterocycles. The van der Waals surface area contributed by atoms with Gasteiger partial charge in [-0.05, 0) is 50.1 Å². The first-order valence-electron chi connectivity index (χ1n) is 10.1. The lowest BCUT2D eigenvalue weighted by Gasteiger charge is -2.20. The largest absolute Gasteiger partial charge is 0.490 e. The summed E-state index contributed by atoms with van der Waals surface area (Å²) < 4.78 is 35.1. The molecule has 0 aliphatic carbocycles. The van der Waals surface area contributed by atoms with Gasteiger partial charge in [0.15, 0.2) is 23.1 Å². The summed E-state index contributed by atoms with van der Waals surface area (Å²) in [5.41, 5.74) is 1.64. The normalized spacial score (nSPS) is 13.6. The number of alkyl halides is 2. The third-order valence-electron chi connectivity index (χ3n) is 4.91. The van der Waals surface area contributed by atoms with Gasteiger partial charge in [-0.3, -0.25) is 4.79 Å². The summed E-state index contributed by atoms with van der Waals surface area (Å²) in [7, 11) is 0. The lowest BCUT2D eigenvalue weighted by atomic mass is 10.2. The van der Waals surface area contributed by atoms with Gasteiger partial charge in [-0.15, -0.1) is 0 Å². The topological polar surface area (TPSA) is 76.6 Å². The van der Waals surface area contributed by atoms with Crippen LogP contribution < -0.4 is 19.7 Å². The van der Waals surface area contributed by atoms with Crippen LogP contribution in [0.4, 0.5) is 20.4 Å². The molecule has 1 aliphatic heterocycles. The van der Waals surface area contributed by atoms with E-state index in [1.807, 2.05) is 24.3 Å². The Balaban J connectivity index is 1.66. The zero-order valence-electron chi connectivity index (χ0n) is 17.0. The molecule has 0 radical (unpaired) electrons. The summed E-state index contributed by atoms with van der Waals surface area (Å²) in [6.07, 6.45) is 2.09. The number of benzene rings is 2. The van der Waals surface area contributed by atoms with Gasteiger partial charge in [0.25, 0.3) is 5.91 Å². The number of anilines is 2. The van der Waals surface area contributed by atoms with Crippen molar-refractivity contribution < 1.29 is 23.0 Å². The first kappa shape index (κ1) is 20.8. The molecule has 3 aromatic rings. The van der Waals surface area contributed by atoms with Crippen molar-refractivity contribution in [2.24, 2.45) is 0 Å². The summed E-state index contributed by atoms with van der Waals surface area (Å²) in [5, 5.41) is 2.83. The lowest BCUT2D eigenvalue weighted by molar-refractivity contribution is -0.0514. The highest BCUT2D eigenvalue weighted by molar-refractivity contribution is 6.06. The van der Waals surface area contributed by atoms with Gasteiger partial charge in [-0.2, -0.15) is 8.78 Å².